The Morgan fingerprint density at radius 2 is 1.94 bits per heavy atom. The number of benzene rings is 2. The summed E-state index contributed by atoms with van der Waals surface area (Å²) in [5, 5.41) is 25.0. The second kappa shape index (κ2) is 8.32. The van der Waals surface area contributed by atoms with Gasteiger partial charge in [-0.15, -0.1) is 0 Å². The van der Waals surface area contributed by atoms with Gasteiger partial charge in [0.1, 0.15) is 5.82 Å². The maximum Gasteiger partial charge on any atom is 0.231 e. The van der Waals surface area contributed by atoms with Gasteiger partial charge in [0, 0.05) is 29.2 Å². The third-order valence-corrected chi connectivity index (χ3v) is 7.48. The number of anilines is 2. The molecule has 3 aliphatic carbocycles. The fourth-order valence-corrected chi connectivity index (χ4v) is 5.67. The number of hydrogen-bond donors (Lipinski definition) is 4. The van der Waals surface area contributed by atoms with Crippen LogP contribution in [0.3, 0.4) is 0 Å². The number of rotatable bonds is 5. The maximum absolute atomic E-state index is 13.7. The van der Waals surface area contributed by atoms with Crippen LogP contribution in [0.25, 0.3) is 0 Å². The van der Waals surface area contributed by atoms with Gasteiger partial charge < -0.3 is 21.1 Å². The molecule has 5 nitrogen and oxygen atoms in total. The lowest BCUT2D eigenvalue weighted by atomic mass is 9.60. The van der Waals surface area contributed by atoms with E-state index >= 15 is 0 Å². The van der Waals surface area contributed by atoms with Crippen molar-refractivity contribution in [3.8, 4) is 0 Å². The molecule has 2 unspecified atom stereocenters. The van der Waals surface area contributed by atoms with Crippen LogP contribution in [-0.2, 0) is 16.6 Å². The first kappa shape index (κ1) is 21.1. The molecule has 0 aliphatic heterocycles. The number of nitrogens with one attached hydrogen (secondary N) is 3. The minimum atomic E-state index is -0.653. The highest BCUT2D eigenvalue weighted by Gasteiger charge is 2.52. The highest BCUT2D eigenvalue weighted by atomic mass is 19.1. The molecule has 2 saturated carbocycles. The van der Waals surface area contributed by atoms with Crippen molar-refractivity contribution in [2.24, 2.45) is 5.92 Å². The van der Waals surface area contributed by atoms with Crippen LogP contribution >= 0.6 is 0 Å². The van der Waals surface area contributed by atoms with Crippen LogP contribution in [-0.4, -0.2) is 29.4 Å². The first-order valence-electron chi connectivity index (χ1n) is 11.7. The highest BCUT2D eigenvalue weighted by Crippen LogP contribution is 2.50. The molecule has 0 bridgehead atoms. The van der Waals surface area contributed by atoms with Crippen LogP contribution in [0.4, 0.5) is 15.8 Å². The van der Waals surface area contributed by atoms with Gasteiger partial charge in [0.15, 0.2) is 0 Å². The number of aliphatic hydroxyl groups excluding tert-OH is 1. The lowest BCUT2D eigenvalue weighted by molar-refractivity contribution is -0.132. The third-order valence-electron chi connectivity index (χ3n) is 7.48. The first-order valence-corrected chi connectivity index (χ1v) is 11.7. The summed E-state index contributed by atoms with van der Waals surface area (Å²) in [6.45, 7) is 0. The number of aliphatic hydroxyl groups is 1. The Morgan fingerprint density at radius 1 is 1.16 bits per heavy atom. The van der Waals surface area contributed by atoms with E-state index < -0.39 is 5.41 Å². The molecule has 1 amide bonds. The molecule has 0 spiro atoms. The number of halogens is 1. The van der Waals surface area contributed by atoms with E-state index in [4.69, 9.17) is 5.41 Å². The second-order valence-electron chi connectivity index (χ2n) is 9.61. The van der Waals surface area contributed by atoms with Crippen molar-refractivity contribution in [3.05, 3.63) is 58.9 Å². The lowest BCUT2D eigenvalue weighted by Gasteiger charge is -2.45. The number of fused-ring (bicyclic) bond motifs is 3. The number of carbonyl (C=O) groups excluding carboxylic acids is 1. The Kier molecular flexibility index (Phi) is 5.49. The van der Waals surface area contributed by atoms with Crippen LogP contribution in [0.15, 0.2) is 36.4 Å². The Morgan fingerprint density at radius 3 is 2.66 bits per heavy atom. The Labute approximate surface area is 187 Å². The number of carbonyl (C=O) groups is 1. The molecule has 32 heavy (non-hydrogen) atoms. The summed E-state index contributed by atoms with van der Waals surface area (Å²) in [7, 11) is 0. The van der Waals surface area contributed by atoms with E-state index in [2.05, 4.69) is 16.7 Å². The number of hydrogen-bond acceptors (Lipinski definition) is 4. The zero-order valence-corrected chi connectivity index (χ0v) is 18.2. The minimum Gasteiger partial charge on any atom is -0.393 e. The molecule has 6 heteroatoms. The highest BCUT2D eigenvalue weighted by molar-refractivity contribution is 5.93. The van der Waals surface area contributed by atoms with Gasteiger partial charge in [-0.1, -0.05) is 0 Å². The number of amides is 1. The van der Waals surface area contributed by atoms with Gasteiger partial charge in [-0.2, -0.15) is 0 Å². The molecule has 2 aromatic carbocycles. The predicted molar refractivity (Wildman–Crippen MR) is 123 cm³/mol. The summed E-state index contributed by atoms with van der Waals surface area (Å²) in [6.07, 6.45) is 7.65. The van der Waals surface area contributed by atoms with E-state index in [1.807, 2.05) is 6.07 Å². The van der Waals surface area contributed by atoms with E-state index in [0.29, 0.717) is 24.8 Å². The fourth-order valence-electron chi connectivity index (χ4n) is 5.67. The molecule has 2 aromatic rings. The average Bonchev–Trinajstić information content (AvgIpc) is 3.61. The fraction of sp³-hybridized carbons (Fsp3) is 0.462. The van der Waals surface area contributed by atoms with Gasteiger partial charge in [-0.25, -0.2) is 4.39 Å². The molecule has 168 valence electrons. The predicted octanol–water partition coefficient (Wildman–Crippen LogP) is 4.58. The molecule has 3 aliphatic rings. The number of aryl methyl sites for hydroxylation is 1. The zero-order chi connectivity index (χ0) is 22.3. The summed E-state index contributed by atoms with van der Waals surface area (Å²) in [5.41, 5.74) is 3.75. The quantitative estimate of drug-likeness (QED) is 0.519. The van der Waals surface area contributed by atoms with Gasteiger partial charge in [-0.3, -0.25) is 4.79 Å². The summed E-state index contributed by atoms with van der Waals surface area (Å²) < 4.78 is 13.3. The molecular weight excluding hydrogens is 405 g/mol. The molecule has 5 rings (SSSR count). The first-order chi connectivity index (χ1) is 15.5. The summed E-state index contributed by atoms with van der Waals surface area (Å²) in [4.78, 5) is 13.7. The van der Waals surface area contributed by atoms with Crippen molar-refractivity contribution in [1.82, 2.24) is 5.32 Å². The summed E-state index contributed by atoms with van der Waals surface area (Å²) in [6, 6.07) is 10.5. The molecule has 0 aromatic heterocycles. The molecule has 0 saturated heterocycles. The van der Waals surface area contributed by atoms with Crippen LogP contribution in [0.2, 0.25) is 0 Å². The largest absolute Gasteiger partial charge is 0.393 e. The van der Waals surface area contributed by atoms with E-state index in [1.165, 1.54) is 18.3 Å². The van der Waals surface area contributed by atoms with Crippen molar-refractivity contribution in [1.29, 1.82) is 5.41 Å². The monoisotopic (exact) mass is 435 g/mol. The summed E-state index contributed by atoms with van der Waals surface area (Å²) >= 11 is 0. The van der Waals surface area contributed by atoms with E-state index in [9.17, 15) is 14.3 Å². The van der Waals surface area contributed by atoms with E-state index in [1.54, 1.807) is 12.1 Å². The second-order valence-corrected chi connectivity index (χ2v) is 9.61. The van der Waals surface area contributed by atoms with Crippen molar-refractivity contribution >= 4 is 23.5 Å². The lowest BCUT2D eigenvalue weighted by Crippen LogP contribution is -2.53. The smallest absolute Gasteiger partial charge is 0.231 e. The Bertz CT molecular complexity index is 1030. The molecule has 2 fully saturated rings. The van der Waals surface area contributed by atoms with Crippen molar-refractivity contribution in [2.75, 3.05) is 5.32 Å². The van der Waals surface area contributed by atoms with Crippen molar-refractivity contribution in [3.63, 3.8) is 0 Å². The van der Waals surface area contributed by atoms with Gasteiger partial charge in [0.25, 0.3) is 0 Å². The maximum atomic E-state index is 13.7. The zero-order valence-electron chi connectivity index (χ0n) is 18.2. The van der Waals surface area contributed by atoms with Crippen LogP contribution in [0, 0.1) is 17.1 Å². The molecule has 4 N–H and O–H groups in total. The molecule has 0 heterocycles. The normalized spacial score (nSPS) is 26.9. The van der Waals surface area contributed by atoms with Crippen LogP contribution < -0.4 is 10.6 Å². The Balaban J connectivity index is 1.59. The molecule has 3 atom stereocenters. The SMILES string of the molecule is N=Cc1cc2c(cc1Nc1ccc(F)cc1)CCC[C@@H]1CC(O)CCC21C(=O)NC1CC1. The van der Waals surface area contributed by atoms with Gasteiger partial charge >= 0.3 is 0 Å². The van der Waals surface area contributed by atoms with Crippen molar-refractivity contribution < 1.29 is 14.3 Å². The van der Waals surface area contributed by atoms with Crippen LogP contribution in [0.5, 0.6) is 0 Å². The van der Waals surface area contributed by atoms with Crippen molar-refractivity contribution in [2.45, 2.75) is 68.9 Å². The third kappa shape index (κ3) is 3.81. The van der Waals surface area contributed by atoms with E-state index in [0.717, 1.165) is 54.6 Å². The average molecular weight is 436 g/mol. The van der Waals surface area contributed by atoms with Crippen LogP contribution in [0.1, 0.15) is 61.6 Å². The molecule has 0 radical (unpaired) electrons. The summed E-state index contributed by atoms with van der Waals surface area (Å²) in [5.74, 6) is -0.102. The van der Waals surface area contributed by atoms with Gasteiger partial charge in [-0.05, 0) is 105 Å². The Hall–Kier alpha value is -2.73. The molecular formula is C26H30FN3O2. The van der Waals surface area contributed by atoms with Gasteiger partial charge in [0.05, 0.1) is 11.5 Å². The topological polar surface area (TPSA) is 85.2 Å². The minimum absolute atomic E-state index is 0.0928. The standard InChI is InChI=1S/C26H30FN3O2/c27-19-4-6-20(7-5-19)29-24-13-16-2-1-3-18-14-22(31)10-11-26(18,23(16)12-17(24)15-28)25(32)30-21-8-9-21/h4-7,12-13,15,18,21-22,28-29,31H,1-3,8-11,14H2,(H,30,32)/t18-,22?,26?/m1/s1. The van der Waals surface area contributed by atoms with E-state index in [-0.39, 0.29) is 29.8 Å². The van der Waals surface area contributed by atoms with Gasteiger partial charge in [0.2, 0.25) is 5.91 Å².